The molecule has 0 fully saturated rings. The Kier molecular flexibility index (Phi) is 4.55. The highest BCUT2D eigenvalue weighted by Crippen LogP contribution is 2.16. The molecule has 0 aliphatic carbocycles. The SMILES string of the molecule is CCC[C@H](N)c1nc(N(CC)CC)no1. The summed E-state index contributed by atoms with van der Waals surface area (Å²) in [7, 11) is 0. The van der Waals surface area contributed by atoms with E-state index in [4.69, 9.17) is 10.3 Å². The predicted molar refractivity (Wildman–Crippen MR) is 59.7 cm³/mol. The van der Waals surface area contributed by atoms with Gasteiger partial charge < -0.3 is 15.2 Å². The number of nitrogens with zero attached hydrogens (tertiary/aromatic N) is 3. The van der Waals surface area contributed by atoms with Gasteiger partial charge >= 0.3 is 0 Å². The van der Waals surface area contributed by atoms with Gasteiger partial charge in [0, 0.05) is 13.1 Å². The zero-order chi connectivity index (χ0) is 11.3. The fraction of sp³-hybridized carbons (Fsp3) is 0.800. The first kappa shape index (κ1) is 12.0. The second-order valence-electron chi connectivity index (χ2n) is 3.50. The smallest absolute Gasteiger partial charge is 0.266 e. The lowest BCUT2D eigenvalue weighted by Gasteiger charge is -2.14. The van der Waals surface area contributed by atoms with Gasteiger partial charge in [0.25, 0.3) is 5.95 Å². The van der Waals surface area contributed by atoms with Gasteiger partial charge in [-0.2, -0.15) is 4.98 Å². The summed E-state index contributed by atoms with van der Waals surface area (Å²) < 4.78 is 5.14. The Morgan fingerprint density at radius 1 is 1.33 bits per heavy atom. The Bertz CT molecular complexity index is 283. The van der Waals surface area contributed by atoms with Crippen LogP contribution in [0.3, 0.4) is 0 Å². The van der Waals surface area contributed by atoms with Gasteiger partial charge in [-0.1, -0.05) is 13.3 Å². The monoisotopic (exact) mass is 212 g/mol. The third-order valence-electron chi connectivity index (χ3n) is 2.39. The Hall–Kier alpha value is -1.10. The van der Waals surface area contributed by atoms with Gasteiger partial charge in [-0.3, -0.25) is 0 Å². The van der Waals surface area contributed by atoms with Gasteiger partial charge in [-0.05, 0) is 25.4 Å². The van der Waals surface area contributed by atoms with Crippen molar-refractivity contribution in [3.05, 3.63) is 5.89 Å². The summed E-state index contributed by atoms with van der Waals surface area (Å²) in [5.74, 6) is 1.18. The topological polar surface area (TPSA) is 68.2 Å². The first-order chi connectivity index (χ1) is 7.22. The van der Waals surface area contributed by atoms with Crippen molar-refractivity contribution in [2.45, 2.75) is 39.7 Å². The highest BCUT2D eigenvalue weighted by atomic mass is 16.5. The van der Waals surface area contributed by atoms with Crippen LogP contribution in [0.4, 0.5) is 5.95 Å². The van der Waals surface area contributed by atoms with Crippen LogP contribution in [-0.4, -0.2) is 23.2 Å². The largest absolute Gasteiger partial charge is 0.339 e. The minimum atomic E-state index is -0.133. The fourth-order valence-corrected chi connectivity index (χ4v) is 1.45. The van der Waals surface area contributed by atoms with Gasteiger partial charge in [0.1, 0.15) is 0 Å². The van der Waals surface area contributed by atoms with E-state index in [1.165, 1.54) is 0 Å². The van der Waals surface area contributed by atoms with Crippen molar-refractivity contribution in [3.63, 3.8) is 0 Å². The van der Waals surface area contributed by atoms with Crippen LogP contribution in [0.1, 0.15) is 45.5 Å². The molecule has 0 saturated heterocycles. The molecular weight excluding hydrogens is 192 g/mol. The lowest BCUT2D eigenvalue weighted by Crippen LogP contribution is -2.23. The molecule has 0 amide bonds. The molecule has 1 heterocycles. The maximum Gasteiger partial charge on any atom is 0.266 e. The number of nitrogens with two attached hydrogens (primary N) is 1. The highest BCUT2D eigenvalue weighted by Gasteiger charge is 2.16. The van der Waals surface area contributed by atoms with E-state index in [2.05, 4.69) is 30.9 Å². The average Bonchev–Trinajstić information content (AvgIpc) is 2.69. The lowest BCUT2D eigenvalue weighted by molar-refractivity contribution is 0.347. The zero-order valence-electron chi connectivity index (χ0n) is 9.73. The Labute approximate surface area is 90.6 Å². The molecule has 0 spiro atoms. The quantitative estimate of drug-likeness (QED) is 0.777. The Balaban J connectivity index is 2.70. The van der Waals surface area contributed by atoms with E-state index < -0.39 is 0 Å². The van der Waals surface area contributed by atoms with Gasteiger partial charge in [0.15, 0.2) is 0 Å². The first-order valence-electron chi connectivity index (χ1n) is 5.57. The minimum Gasteiger partial charge on any atom is -0.339 e. The van der Waals surface area contributed by atoms with E-state index in [0.29, 0.717) is 11.8 Å². The van der Waals surface area contributed by atoms with E-state index in [-0.39, 0.29) is 6.04 Å². The summed E-state index contributed by atoms with van der Waals surface area (Å²) in [6.07, 6.45) is 1.89. The van der Waals surface area contributed by atoms with E-state index in [1.807, 2.05) is 4.90 Å². The second-order valence-corrected chi connectivity index (χ2v) is 3.50. The van der Waals surface area contributed by atoms with E-state index in [1.54, 1.807) is 0 Å². The van der Waals surface area contributed by atoms with Crippen molar-refractivity contribution in [3.8, 4) is 0 Å². The molecule has 1 aromatic heterocycles. The Morgan fingerprint density at radius 3 is 2.53 bits per heavy atom. The molecule has 0 aliphatic heterocycles. The second kappa shape index (κ2) is 5.70. The molecule has 2 N–H and O–H groups in total. The molecule has 5 heteroatoms. The van der Waals surface area contributed by atoms with Crippen molar-refractivity contribution in [2.24, 2.45) is 5.73 Å². The molecule has 0 aromatic carbocycles. The highest BCUT2D eigenvalue weighted by molar-refractivity contribution is 5.26. The van der Waals surface area contributed by atoms with Crippen LogP contribution in [0.5, 0.6) is 0 Å². The van der Waals surface area contributed by atoms with Crippen LogP contribution >= 0.6 is 0 Å². The van der Waals surface area contributed by atoms with Crippen LogP contribution in [0.2, 0.25) is 0 Å². The maximum atomic E-state index is 5.89. The van der Waals surface area contributed by atoms with Crippen LogP contribution < -0.4 is 10.6 Å². The van der Waals surface area contributed by atoms with E-state index in [0.717, 1.165) is 25.9 Å². The molecule has 0 aliphatic rings. The van der Waals surface area contributed by atoms with Gasteiger partial charge in [0.2, 0.25) is 5.89 Å². The lowest BCUT2D eigenvalue weighted by atomic mass is 10.2. The van der Waals surface area contributed by atoms with E-state index >= 15 is 0 Å². The maximum absolute atomic E-state index is 5.89. The minimum absolute atomic E-state index is 0.133. The molecule has 1 aromatic rings. The number of anilines is 1. The van der Waals surface area contributed by atoms with Crippen LogP contribution in [0.15, 0.2) is 4.52 Å². The molecule has 0 bridgehead atoms. The van der Waals surface area contributed by atoms with Gasteiger partial charge in [0.05, 0.1) is 6.04 Å². The zero-order valence-corrected chi connectivity index (χ0v) is 9.73. The molecule has 0 unspecified atom stereocenters. The van der Waals surface area contributed by atoms with Crippen molar-refractivity contribution >= 4 is 5.95 Å². The normalized spacial score (nSPS) is 12.8. The Morgan fingerprint density at radius 2 is 2.00 bits per heavy atom. The molecule has 1 rings (SSSR count). The summed E-state index contributed by atoms with van der Waals surface area (Å²) in [4.78, 5) is 6.33. The molecule has 0 saturated carbocycles. The van der Waals surface area contributed by atoms with E-state index in [9.17, 15) is 0 Å². The summed E-state index contributed by atoms with van der Waals surface area (Å²) in [5, 5.41) is 3.92. The molecule has 86 valence electrons. The number of aromatic nitrogens is 2. The number of hydrogen-bond donors (Lipinski definition) is 1. The predicted octanol–water partition coefficient (Wildman–Crippen LogP) is 1.72. The van der Waals surface area contributed by atoms with Crippen LogP contribution in [-0.2, 0) is 0 Å². The third-order valence-corrected chi connectivity index (χ3v) is 2.39. The molecule has 5 nitrogen and oxygen atoms in total. The van der Waals surface area contributed by atoms with Gasteiger partial charge in [-0.25, -0.2) is 0 Å². The summed E-state index contributed by atoms with van der Waals surface area (Å²) in [5.41, 5.74) is 5.89. The van der Waals surface area contributed by atoms with Crippen LogP contribution in [0.25, 0.3) is 0 Å². The van der Waals surface area contributed by atoms with Crippen molar-refractivity contribution in [1.82, 2.24) is 10.1 Å². The van der Waals surface area contributed by atoms with Gasteiger partial charge in [-0.15, -0.1) is 0 Å². The van der Waals surface area contributed by atoms with Crippen molar-refractivity contribution < 1.29 is 4.52 Å². The summed E-state index contributed by atoms with van der Waals surface area (Å²) in [6.45, 7) is 7.95. The molecule has 15 heavy (non-hydrogen) atoms. The third kappa shape index (κ3) is 2.92. The molecular formula is C10H20N4O. The molecule has 0 radical (unpaired) electrons. The van der Waals surface area contributed by atoms with Crippen LogP contribution in [0, 0.1) is 0 Å². The molecule has 1 atom stereocenters. The summed E-state index contributed by atoms with van der Waals surface area (Å²) >= 11 is 0. The number of rotatable bonds is 6. The number of hydrogen-bond acceptors (Lipinski definition) is 5. The first-order valence-corrected chi connectivity index (χ1v) is 5.57. The summed E-state index contributed by atoms with van der Waals surface area (Å²) in [6, 6.07) is -0.133. The fourth-order valence-electron chi connectivity index (χ4n) is 1.45. The average molecular weight is 212 g/mol. The van der Waals surface area contributed by atoms with Crippen molar-refractivity contribution in [1.29, 1.82) is 0 Å². The van der Waals surface area contributed by atoms with Crippen molar-refractivity contribution in [2.75, 3.05) is 18.0 Å². The standard InChI is InChI=1S/C10H20N4O/c1-4-7-8(11)9-12-10(13-15-9)14(5-2)6-3/h8H,4-7,11H2,1-3H3/t8-/m0/s1.